The molecule has 8 heteroatoms. The van der Waals surface area contributed by atoms with E-state index in [1.165, 1.54) is 0 Å². The number of fused-ring (bicyclic) bond motifs is 2. The summed E-state index contributed by atoms with van der Waals surface area (Å²) in [5, 5.41) is 3.07. The van der Waals surface area contributed by atoms with E-state index in [0.717, 1.165) is 22.7 Å². The molecule has 0 saturated carbocycles. The first-order valence-electron chi connectivity index (χ1n) is 9.67. The third-order valence-electron chi connectivity index (χ3n) is 5.13. The number of Topliss-reactive ketones (excluding diaryl/α,β-unsaturated/α-hetero) is 1. The van der Waals surface area contributed by atoms with Crippen LogP contribution in [-0.4, -0.2) is 39.4 Å². The standard InChI is InChI=1S/C21H21N3O4S/c1-11(2)10-15(24-19(27)12-6-3-4-7-13(12)20(24)28)18(26)23-21-22-14-8-5-9-16(25)17(14)29-21/h3-4,6-7,11,15H,5,8-10H2,1-2H3,(H,22,23,26). The molecule has 150 valence electrons. The van der Waals surface area contributed by atoms with Crippen molar-refractivity contribution in [3.63, 3.8) is 0 Å². The fourth-order valence-corrected chi connectivity index (χ4v) is 4.76. The summed E-state index contributed by atoms with van der Waals surface area (Å²) in [6, 6.07) is 5.64. The van der Waals surface area contributed by atoms with Crippen LogP contribution >= 0.6 is 11.3 Å². The molecule has 3 amide bonds. The van der Waals surface area contributed by atoms with Crippen molar-refractivity contribution in [1.29, 1.82) is 0 Å². The van der Waals surface area contributed by atoms with Crippen LogP contribution in [0, 0.1) is 5.92 Å². The summed E-state index contributed by atoms with van der Waals surface area (Å²) in [5.74, 6) is -1.25. The molecular weight excluding hydrogens is 390 g/mol. The number of carbonyl (C=O) groups is 4. The zero-order valence-electron chi connectivity index (χ0n) is 16.2. The van der Waals surface area contributed by atoms with Gasteiger partial charge < -0.3 is 5.32 Å². The molecule has 1 N–H and O–H groups in total. The minimum Gasteiger partial charge on any atom is -0.300 e. The Morgan fingerprint density at radius 2 is 1.79 bits per heavy atom. The molecule has 7 nitrogen and oxygen atoms in total. The van der Waals surface area contributed by atoms with E-state index in [2.05, 4.69) is 10.3 Å². The fourth-order valence-electron chi connectivity index (χ4n) is 3.78. The van der Waals surface area contributed by atoms with Crippen molar-refractivity contribution in [2.45, 2.75) is 45.6 Å². The second-order valence-corrected chi connectivity index (χ2v) is 8.73. The molecule has 1 atom stereocenters. The highest BCUT2D eigenvalue weighted by Crippen LogP contribution is 2.31. The lowest BCUT2D eigenvalue weighted by Gasteiger charge is -2.26. The predicted octanol–water partition coefficient (Wildman–Crippen LogP) is 3.31. The SMILES string of the molecule is CC(C)CC(C(=O)Nc1nc2c(s1)C(=O)CCC2)N1C(=O)c2ccccc2C1=O. The molecule has 0 saturated heterocycles. The molecule has 1 aliphatic heterocycles. The number of thiazole rings is 1. The van der Waals surface area contributed by atoms with Gasteiger partial charge in [0.1, 0.15) is 6.04 Å². The molecule has 2 aromatic rings. The van der Waals surface area contributed by atoms with Gasteiger partial charge in [0, 0.05) is 6.42 Å². The summed E-state index contributed by atoms with van der Waals surface area (Å²) in [6.07, 6.45) is 2.30. The van der Waals surface area contributed by atoms with Gasteiger partial charge in [-0.2, -0.15) is 0 Å². The van der Waals surface area contributed by atoms with Gasteiger partial charge in [-0.3, -0.25) is 24.1 Å². The maximum absolute atomic E-state index is 13.1. The molecular formula is C21H21N3O4S. The molecule has 1 aliphatic carbocycles. The van der Waals surface area contributed by atoms with Crippen LogP contribution in [0.15, 0.2) is 24.3 Å². The van der Waals surface area contributed by atoms with Crippen molar-refractivity contribution < 1.29 is 19.2 Å². The second kappa shape index (κ2) is 7.51. The van der Waals surface area contributed by atoms with Gasteiger partial charge >= 0.3 is 0 Å². The largest absolute Gasteiger partial charge is 0.300 e. The van der Waals surface area contributed by atoms with Crippen LogP contribution in [0.4, 0.5) is 5.13 Å². The number of hydrogen-bond donors (Lipinski definition) is 1. The summed E-state index contributed by atoms with van der Waals surface area (Å²) in [6.45, 7) is 3.86. The predicted molar refractivity (Wildman–Crippen MR) is 108 cm³/mol. The van der Waals surface area contributed by atoms with Gasteiger partial charge in [0.25, 0.3) is 11.8 Å². The Hall–Kier alpha value is -2.87. The fraction of sp³-hybridized carbons (Fsp3) is 0.381. The Labute approximate surface area is 172 Å². The quantitative estimate of drug-likeness (QED) is 0.762. The molecule has 0 fully saturated rings. The van der Waals surface area contributed by atoms with Crippen LogP contribution in [0.3, 0.4) is 0 Å². The molecule has 0 radical (unpaired) electrons. The number of benzene rings is 1. The van der Waals surface area contributed by atoms with Crippen LogP contribution in [0.2, 0.25) is 0 Å². The number of anilines is 1. The lowest BCUT2D eigenvalue weighted by atomic mass is 10.0. The maximum Gasteiger partial charge on any atom is 0.262 e. The first-order valence-corrected chi connectivity index (χ1v) is 10.5. The number of imide groups is 1. The van der Waals surface area contributed by atoms with Gasteiger partial charge in [-0.1, -0.05) is 37.3 Å². The topological polar surface area (TPSA) is 96.4 Å². The highest BCUT2D eigenvalue weighted by molar-refractivity contribution is 7.17. The second-order valence-electron chi connectivity index (χ2n) is 7.73. The zero-order valence-corrected chi connectivity index (χ0v) is 17.0. The van der Waals surface area contributed by atoms with E-state index in [0.29, 0.717) is 46.1 Å². The third-order valence-corrected chi connectivity index (χ3v) is 6.19. The molecule has 1 unspecified atom stereocenters. The summed E-state index contributed by atoms with van der Waals surface area (Å²) in [5.41, 5.74) is 1.34. The van der Waals surface area contributed by atoms with E-state index in [4.69, 9.17) is 0 Å². The number of nitrogens with zero attached hydrogens (tertiary/aromatic N) is 2. The van der Waals surface area contributed by atoms with E-state index in [1.807, 2.05) is 13.8 Å². The lowest BCUT2D eigenvalue weighted by Crippen LogP contribution is -2.47. The van der Waals surface area contributed by atoms with Gasteiger partial charge in [0.15, 0.2) is 10.9 Å². The summed E-state index contributed by atoms with van der Waals surface area (Å²) >= 11 is 1.16. The van der Waals surface area contributed by atoms with E-state index in [1.54, 1.807) is 24.3 Å². The smallest absolute Gasteiger partial charge is 0.262 e. The Morgan fingerprint density at radius 1 is 1.14 bits per heavy atom. The lowest BCUT2D eigenvalue weighted by molar-refractivity contribution is -0.120. The first-order chi connectivity index (χ1) is 13.9. The normalized spacial score (nSPS) is 16.8. The highest BCUT2D eigenvalue weighted by atomic mass is 32.1. The minimum atomic E-state index is -0.945. The number of hydrogen-bond acceptors (Lipinski definition) is 6. The molecule has 1 aromatic heterocycles. The number of aromatic nitrogens is 1. The molecule has 2 aliphatic rings. The van der Waals surface area contributed by atoms with Crippen molar-refractivity contribution >= 4 is 40.0 Å². The number of aryl methyl sites for hydroxylation is 1. The van der Waals surface area contributed by atoms with Crippen LogP contribution in [0.25, 0.3) is 0 Å². The monoisotopic (exact) mass is 411 g/mol. The van der Waals surface area contributed by atoms with Crippen molar-refractivity contribution in [3.8, 4) is 0 Å². The van der Waals surface area contributed by atoms with Crippen LogP contribution in [0.1, 0.15) is 69.2 Å². The molecule has 0 spiro atoms. The van der Waals surface area contributed by atoms with Crippen LogP contribution in [0.5, 0.6) is 0 Å². The Bertz CT molecular complexity index is 992. The van der Waals surface area contributed by atoms with Crippen molar-refractivity contribution in [2.24, 2.45) is 5.92 Å². The van der Waals surface area contributed by atoms with E-state index < -0.39 is 23.8 Å². The summed E-state index contributed by atoms with van der Waals surface area (Å²) in [4.78, 5) is 56.9. The van der Waals surface area contributed by atoms with Crippen molar-refractivity contribution in [1.82, 2.24) is 9.88 Å². The third kappa shape index (κ3) is 3.48. The number of nitrogens with one attached hydrogen (secondary N) is 1. The number of rotatable bonds is 5. The zero-order chi connectivity index (χ0) is 20.7. The minimum absolute atomic E-state index is 0.0447. The molecule has 29 heavy (non-hydrogen) atoms. The maximum atomic E-state index is 13.1. The average Bonchev–Trinajstić information content (AvgIpc) is 3.20. The first kappa shape index (κ1) is 19.4. The van der Waals surface area contributed by atoms with Gasteiger partial charge in [-0.25, -0.2) is 4.98 Å². The van der Waals surface area contributed by atoms with Crippen molar-refractivity contribution in [2.75, 3.05) is 5.32 Å². The van der Waals surface area contributed by atoms with Gasteiger partial charge in [-0.05, 0) is 37.3 Å². The Morgan fingerprint density at radius 3 is 2.38 bits per heavy atom. The van der Waals surface area contributed by atoms with E-state index in [-0.39, 0.29) is 11.7 Å². The summed E-state index contributed by atoms with van der Waals surface area (Å²) in [7, 11) is 0. The number of amides is 3. The Balaban J connectivity index is 1.61. The molecule has 2 heterocycles. The van der Waals surface area contributed by atoms with Gasteiger partial charge in [-0.15, -0.1) is 0 Å². The molecule has 4 rings (SSSR count). The highest BCUT2D eigenvalue weighted by Gasteiger charge is 2.43. The molecule has 1 aromatic carbocycles. The van der Waals surface area contributed by atoms with Crippen molar-refractivity contribution in [3.05, 3.63) is 46.0 Å². The number of ketones is 1. The Kier molecular flexibility index (Phi) is 5.04. The molecule has 0 bridgehead atoms. The van der Waals surface area contributed by atoms with Crippen LogP contribution in [-0.2, 0) is 11.2 Å². The average molecular weight is 411 g/mol. The van der Waals surface area contributed by atoms with Gasteiger partial charge in [0.2, 0.25) is 5.91 Å². The summed E-state index contributed by atoms with van der Waals surface area (Å²) < 4.78 is 0. The number of carbonyl (C=O) groups excluding carboxylic acids is 4. The van der Waals surface area contributed by atoms with E-state index >= 15 is 0 Å². The van der Waals surface area contributed by atoms with Gasteiger partial charge in [0.05, 0.1) is 21.7 Å². The van der Waals surface area contributed by atoms with E-state index in [9.17, 15) is 19.2 Å². The van der Waals surface area contributed by atoms with Crippen LogP contribution < -0.4 is 5.32 Å².